The van der Waals surface area contributed by atoms with Gasteiger partial charge in [0.15, 0.2) is 5.16 Å². The van der Waals surface area contributed by atoms with Crippen LogP contribution in [0.2, 0.25) is 0 Å². The summed E-state index contributed by atoms with van der Waals surface area (Å²) in [4.78, 5) is 22.2. The number of aromatic nitrogens is 3. The molecule has 0 aliphatic heterocycles. The van der Waals surface area contributed by atoms with Crippen LogP contribution in [0.4, 0.5) is 0 Å². The quantitative estimate of drug-likeness (QED) is 0.457. The summed E-state index contributed by atoms with van der Waals surface area (Å²) in [6, 6.07) is 0. The predicted molar refractivity (Wildman–Crippen MR) is 83.8 cm³/mol. The van der Waals surface area contributed by atoms with E-state index in [0.29, 0.717) is 11.7 Å². The smallest absolute Gasteiger partial charge is 0.343 e. The van der Waals surface area contributed by atoms with Gasteiger partial charge >= 0.3 is 11.7 Å². The van der Waals surface area contributed by atoms with Crippen molar-refractivity contribution in [3.8, 4) is 0 Å². The van der Waals surface area contributed by atoms with Crippen molar-refractivity contribution < 1.29 is 9.90 Å². The number of carboxylic acids is 1. The molecule has 2 N–H and O–H groups in total. The zero-order valence-electron chi connectivity index (χ0n) is 12.6. The number of carbonyl (C=O) groups is 1. The van der Waals surface area contributed by atoms with Crippen LogP contribution in [0.25, 0.3) is 0 Å². The van der Waals surface area contributed by atoms with E-state index in [1.54, 1.807) is 0 Å². The first kappa shape index (κ1) is 17.8. The standard InChI is InChI=1S/C14H25N3O3S/c1-2-3-4-5-6-7-8-9-10-17-13(20)15-16-14(17)21-11-12(18)19/h2-11H2,1H3,(H,15,20)(H,18,19). The third-order valence-electron chi connectivity index (χ3n) is 3.28. The van der Waals surface area contributed by atoms with E-state index >= 15 is 0 Å². The molecule has 1 heterocycles. The Balaban J connectivity index is 2.23. The van der Waals surface area contributed by atoms with Crippen LogP contribution in [0.1, 0.15) is 58.3 Å². The van der Waals surface area contributed by atoms with Crippen LogP contribution in [0, 0.1) is 0 Å². The molecule has 0 aliphatic carbocycles. The lowest BCUT2D eigenvalue weighted by Gasteiger charge is -2.04. The highest BCUT2D eigenvalue weighted by atomic mass is 32.2. The van der Waals surface area contributed by atoms with Gasteiger partial charge in [0.25, 0.3) is 0 Å². The SMILES string of the molecule is CCCCCCCCCCn1c(SCC(=O)O)n[nH]c1=O. The van der Waals surface area contributed by atoms with E-state index in [4.69, 9.17) is 5.11 Å². The molecule has 6 nitrogen and oxygen atoms in total. The van der Waals surface area contributed by atoms with E-state index in [-0.39, 0.29) is 11.4 Å². The maximum absolute atomic E-state index is 11.6. The van der Waals surface area contributed by atoms with Crippen LogP contribution in [0.3, 0.4) is 0 Å². The van der Waals surface area contributed by atoms with Gasteiger partial charge in [-0.15, -0.1) is 5.10 Å². The number of carboxylic acid groups (broad SMARTS) is 1. The molecule has 0 saturated heterocycles. The van der Waals surface area contributed by atoms with E-state index in [9.17, 15) is 9.59 Å². The summed E-state index contributed by atoms with van der Waals surface area (Å²) < 4.78 is 1.53. The Labute approximate surface area is 129 Å². The molecule has 1 aromatic heterocycles. The molecule has 1 aromatic rings. The lowest BCUT2D eigenvalue weighted by atomic mass is 10.1. The molecule has 0 saturated carbocycles. The van der Waals surface area contributed by atoms with E-state index < -0.39 is 5.97 Å². The number of hydrogen-bond acceptors (Lipinski definition) is 4. The van der Waals surface area contributed by atoms with Crippen molar-refractivity contribution in [2.24, 2.45) is 0 Å². The van der Waals surface area contributed by atoms with Crippen LogP contribution in [-0.4, -0.2) is 31.6 Å². The molecular formula is C14H25N3O3S. The Morgan fingerprint density at radius 3 is 2.43 bits per heavy atom. The Hall–Kier alpha value is -1.24. The molecule has 0 atom stereocenters. The van der Waals surface area contributed by atoms with Crippen molar-refractivity contribution >= 4 is 17.7 Å². The van der Waals surface area contributed by atoms with Crippen LogP contribution in [0.15, 0.2) is 9.95 Å². The predicted octanol–water partition coefficient (Wildman–Crippen LogP) is 2.89. The Kier molecular flexibility index (Phi) is 8.89. The van der Waals surface area contributed by atoms with Gasteiger partial charge in [-0.1, -0.05) is 63.6 Å². The number of H-pyrrole nitrogens is 1. The first-order chi connectivity index (χ1) is 10.1. The fourth-order valence-electron chi connectivity index (χ4n) is 2.14. The summed E-state index contributed by atoms with van der Waals surface area (Å²) in [7, 11) is 0. The number of thioether (sulfide) groups is 1. The number of aromatic amines is 1. The van der Waals surface area contributed by atoms with Gasteiger partial charge in [-0.2, -0.15) is 0 Å². The largest absolute Gasteiger partial charge is 0.481 e. The first-order valence-electron chi connectivity index (χ1n) is 7.65. The minimum absolute atomic E-state index is 0.0816. The molecule has 7 heteroatoms. The third kappa shape index (κ3) is 7.36. The van der Waals surface area contributed by atoms with Gasteiger partial charge in [0, 0.05) is 6.54 Å². The highest BCUT2D eigenvalue weighted by molar-refractivity contribution is 7.99. The van der Waals surface area contributed by atoms with Crippen LogP contribution >= 0.6 is 11.8 Å². The molecule has 0 amide bonds. The van der Waals surface area contributed by atoms with Crippen LogP contribution < -0.4 is 5.69 Å². The van der Waals surface area contributed by atoms with Crippen molar-refractivity contribution in [3.63, 3.8) is 0 Å². The summed E-state index contributed by atoms with van der Waals surface area (Å²) in [6.45, 7) is 2.81. The molecule has 1 rings (SSSR count). The van der Waals surface area contributed by atoms with Gasteiger partial charge < -0.3 is 5.11 Å². The van der Waals surface area contributed by atoms with Gasteiger partial charge in [0.2, 0.25) is 0 Å². The molecule has 120 valence electrons. The number of unbranched alkanes of at least 4 members (excludes halogenated alkanes) is 7. The van der Waals surface area contributed by atoms with E-state index in [1.165, 1.54) is 43.1 Å². The summed E-state index contributed by atoms with van der Waals surface area (Å²) >= 11 is 1.07. The summed E-state index contributed by atoms with van der Waals surface area (Å²) in [5, 5.41) is 15.4. The third-order valence-corrected chi connectivity index (χ3v) is 4.24. The monoisotopic (exact) mass is 315 g/mol. The molecule has 0 radical (unpaired) electrons. The van der Waals surface area contributed by atoms with Crippen LogP contribution in [0.5, 0.6) is 0 Å². The van der Waals surface area contributed by atoms with E-state index in [0.717, 1.165) is 24.6 Å². The van der Waals surface area contributed by atoms with E-state index in [1.807, 2.05) is 0 Å². The average molecular weight is 315 g/mol. The molecule has 0 bridgehead atoms. The molecule has 0 aromatic carbocycles. The van der Waals surface area contributed by atoms with Crippen molar-refractivity contribution in [1.29, 1.82) is 0 Å². The molecular weight excluding hydrogens is 290 g/mol. The van der Waals surface area contributed by atoms with Crippen molar-refractivity contribution in [2.45, 2.75) is 70.0 Å². The fraction of sp³-hybridized carbons (Fsp3) is 0.786. The first-order valence-corrected chi connectivity index (χ1v) is 8.63. The van der Waals surface area contributed by atoms with Crippen LogP contribution in [-0.2, 0) is 11.3 Å². The Morgan fingerprint density at radius 1 is 1.19 bits per heavy atom. The Bertz CT molecular complexity index is 470. The molecule has 0 unspecified atom stereocenters. The van der Waals surface area contributed by atoms with Gasteiger partial charge in [-0.25, -0.2) is 9.89 Å². The second-order valence-corrected chi connectivity index (χ2v) is 6.06. The number of aliphatic carboxylic acids is 1. The normalized spacial score (nSPS) is 10.9. The number of nitrogens with zero attached hydrogens (tertiary/aromatic N) is 2. The number of rotatable bonds is 12. The minimum atomic E-state index is -0.908. The zero-order valence-corrected chi connectivity index (χ0v) is 13.5. The van der Waals surface area contributed by atoms with Gasteiger partial charge in [-0.3, -0.25) is 9.36 Å². The maximum Gasteiger partial charge on any atom is 0.343 e. The van der Waals surface area contributed by atoms with Crippen molar-refractivity contribution in [3.05, 3.63) is 10.5 Å². The topological polar surface area (TPSA) is 88.0 Å². The van der Waals surface area contributed by atoms with Crippen molar-refractivity contribution in [1.82, 2.24) is 14.8 Å². The summed E-state index contributed by atoms with van der Waals surface area (Å²) in [5.41, 5.74) is -0.258. The van der Waals surface area contributed by atoms with E-state index in [2.05, 4.69) is 17.1 Å². The fourth-order valence-corrected chi connectivity index (χ4v) is 2.83. The number of nitrogens with one attached hydrogen (secondary N) is 1. The van der Waals surface area contributed by atoms with Crippen molar-refractivity contribution in [2.75, 3.05) is 5.75 Å². The lowest BCUT2D eigenvalue weighted by Crippen LogP contribution is -2.18. The van der Waals surface area contributed by atoms with Gasteiger partial charge in [0.05, 0.1) is 5.75 Å². The minimum Gasteiger partial charge on any atom is -0.481 e. The second-order valence-electron chi connectivity index (χ2n) is 5.12. The Morgan fingerprint density at radius 2 is 1.81 bits per heavy atom. The summed E-state index contributed by atoms with van der Waals surface area (Å²) in [5.74, 6) is -0.990. The zero-order chi connectivity index (χ0) is 15.5. The van der Waals surface area contributed by atoms with Gasteiger partial charge in [-0.05, 0) is 6.42 Å². The summed E-state index contributed by atoms with van der Waals surface area (Å²) in [6.07, 6.45) is 9.64. The number of hydrogen-bond donors (Lipinski definition) is 2. The highest BCUT2D eigenvalue weighted by Crippen LogP contribution is 2.14. The lowest BCUT2D eigenvalue weighted by molar-refractivity contribution is -0.133. The highest BCUT2D eigenvalue weighted by Gasteiger charge is 2.10. The average Bonchev–Trinajstić information content (AvgIpc) is 2.80. The van der Waals surface area contributed by atoms with Gasteiger partial charge in [0.1, 0.15) is 0 Å². The maximum atomic E-state index is 11.6. The second kappa shape index (κ2) is 10.5. The molecule has 0 fully saturated rings. The molecule has 0 spiro atoms. The molecule has 0 aliphatic rings. The molecule has 21 heavy (non-hydrogen) atoms.